The van der Waals surface area contributed by atoms with E-state index in [2.05, 4.69) is 34.3 Å². The van der Waals surface area contributed by atoms with E-state index in [1.54, 1.807) is 6.33 Å². The minimum Gasteiger partial charge on any atom is -0.310 e. The van der Waals surface area contributed by atoms with Crippen molar-refractivity contribution < 1.29 is 0 Å². The molecule has 0 aliphatic carbocycles. The fourth-order valence-electron chi connectivity index (χ4n) is 1.97. The Morgan fingerprint density at radius 2 is 1.84 bits per heavy atom. The van der Waals surface area contributed by atoms with E-state index in [1.165, 1.54) is 5.56 Å². The van der Waals surface area contributed by atoms with Crippen molar-refractivity contribution in [1.82, 2.24) is 15.3 Å². The first-order valence-electron chi connectivity index (χ1n) is 6.52. The fraction of sp³-hybridized carbons (Fsp3) is 0.333. The minimum absolute atomic E-state index is 0.238. The summed E-state index contributed by atoms with van der Waals surface area (Å²) in [5.74, 6) is 0. The maximum atomic E-state index is 5.91. The first kappa shape index (κ1) is 14.0. The molecule has 0 spiro atoms. The number of hydrogen-bond acceptors (Lipinski definition) is 3. The molecule has 0 fully saturated rings. The SMILES string of the molecule is CCCNC(Cc1ccc(Cl)cc1)c1cncnc1. The van der Waals surface area contributed by atoms with E-state index in [4.69, 9.17) is 11.6 Å². The van der Waals surface area contributed by atoms with Crippen LogP contribution >= 0.6 is 11.6 Å². The number of benzene rings is 1. The zero-order valence-electron chi connectivity index (χ0n) is 11.0. The Morgan fingerprint density at radius 1 is 1.16 bits per heavy atom. The summed E-state index contributed by atoms with van der Waals surface area (Å²) in [6.45, 7) is 3.14. The van der Waals surface area contributed by atoms with Gasteiger partial charge in [0.2, 0.25) is 0 Å². The fourth-order valence-corrected chi connectivity index (χ4v) is 2.10. The van der Waals surface area contributed by atoms with Gasteiger partial charge in [0, 0.05) is 29.0 Å². The van der Waals surface area contributed by atoms with Crippen LogP contribution in [0, 0.1) is 0 Å². The summed E-state index contributed by atoms with van der Waals surface area (Å²) >= 11 is 5.91. The Bertz CT molecular complexity index is 485. The molecule has 3 nitrogen and oxygen atoms in total. The van der Waals surface area contributed by atoms with Crippen molar-refractivity contribution in [3.8, 4) is 0 Å². The largest absolute Gasteiger partial charge is 0.310 e. The summed E-state index contributed by atoms with van der Waals surface area (Å²) in [4.78, 5) is 8.19. The standard InChI is InChI=1S/C15H18ClN3/c1-2-7-19-15(13-9-17-11-18-10-13)8-12-3-5-14(16)6-4-12/h3-6,9-11,15,19H,2,7-8H2,1H3. The Balaban J connectivity index is 2.11. The summed E-state index contributed by atoms with van der Waals surface area (Å²) in [7, 11) is 0. The van der Waals surface area contributed by atoms with Crippen LogP contribution in [-0.2, 0) is 6.42 Å². The zero-order chi connectivity index (χ0) is 13.5. The Morgan fingerprint density at radius 3 is 2.47 bits per heavy atom. The van der Waals surface area contributed by atoms with Crippen molar-refractivity contribution in [3.63, 3.8) is 0 Å². The van der Waals surface area contributed by atoms with Crippen molar-refractivity contribution >= 4 is 11.6 Å². The number of rotatable bonds is 6. The molecule has 1 heterocycles. The topological polar surface area (TPSA) is 37.8 Å². The van der Waals surface area contributed by atoms with Gasteiger partial charge in [-0.2, -0.15) is 0 Å². The lowest BCUT2D eigenvalue weighted by Crippen LogP contribution is -2.24. The molecule has 2 aromatic rings. The molecule has 4 heteroatoms. The van der Waals surface area contributed by atoms with Crippen LogP contribution in [0.1, 0.15) is 30.5 Å². The number of nitrogens with one attached hydrogen (secondary N) is 1. The van der Waals surface area contributed by atoms with E-state index in [0.717, 1.165) is 30.0 Å². The van der Waals surface area contributed by atoms with Gasteiger partial charge in [-0.15, -0.1) is 0 Å². The maximum Gasteiger partial charge on any atom is 0.115 e. The summed E-state index contributed by atoms with van der Waals surface area (Å²) < 4.78 is 0. The van der Waals surface area contributed by atoms with E-state index >= 15 is 0 Å². The van der Waals surface area contributed by atoms with Crippen molar-refractivity contribution in [2.45, 2.75) is 25.8 Å². The van der Waals surface area contributed by atoms with E-state index in [0.29, 0.717) is 0 Å². The van der Waals surface area contributed by atoms with Crippen molar-refractivity contribution in [1.29, 1.82) is 0 Å². The van der Waals surface area contributed by atoms with Crippen LogP contribution in [-0.4, -0.2) is 16.5 Å². The monoisotopic (exact) mass is 275 g/mol. The first-order valence-corrected chi connectivity index (χ1v) is 6.90. The summed E-state index contributed by atoms with van der Waals surface area (Å²) in [6, 6.07) is 8.21. The van der Waals surface area contributed by atoms with Crippen molar-refractivity contribution in [2.75, 3.05) is 6.54 Å². The summed E-state index contributed by atoms with van der Waals surface area (Å²) in [5.41, 5.74) is 2.37. The molecule has 2 rings (SSSR count). The molecule has 0 aliphatic rings. The highest BCUT2D eigenvalue weighted by molar-refractivity contribution is 6.30. The van der Waals surface area contributed by atoms with Crippen LogP contribution in [0.15, 0.2) is 43.0 Å². The van der Waals surface area contributed by atoms with Gasteiger partial charge in [0.05, 0.1) is 0 Å². The Labute approximate surface area is 119 Å². The van der Waals surface area contributed by atoms with E-state index < -0.39 is 0 Å². The van der Waals surface area contributed by atoms with Gasteiger partial charge in [-0.1, -0.05) is 30.7 Å². The molecule has 0 saturated carbocycles. The lowest BCUT2D eigenvalue weighted by atomic mass is 10.0. The number of aromatic nitrogens is 2. The minimum atomic E-state index is 0.238. The van der Waals surface area contributed by atoms with Crippen LogP contribution in [0.5, 0.6) is 0 Å². The molecule has 0 radical (unpaired) electrons. The quantitative estimate of drug-likeness (QED) is 0.878. The molecule has 1 unspecified atom stereocenters. The normalized spacial score (nSPS) is 12.3. The highest BCUT2D eigenvalue weighted by Gasteiger charge is 2.11. The third-order valence-corrected chi connectivity index (χ3v) is 3.23. The second kappa shape index (κ2) is 7.22. The molecule has 0 aliphatic heterocycles. The Hall–Kier alpha value is -1.45. The number of halogens is 1. The molecule has 1 N–H and O–H groups in total. The zero-order valence-corrected chi connectivity index (χ0v) is 11.8. The van der Waals surface area contributed by atoms with E-state index in [9.17, 15) is 0 Å². The van der Waals surface area contributed by atoms with Gasteiger partial charge in [-0.25, -0.2) is 9.97 Å². The molecule has 0 bridgehead atoms. The van der Waals surface area contributed by atoms with Crippen LogP contribution in [0.4, 0.5) is 0 Å². The summed E-state index contributed by atoms with van der Waals surface area (Å²) in [5, 5.41) is 4.30. The predicted molar refractivity (Wildman–Crippen MR) is 78.2 cm³/mol. The molecule has 0 saturated heterocycles. The van der Waals surface area contributed by atoms with Gasteiger partial charge >= 0.3 is 0 Å². The average Bonchev–Trinajstić information content (AvgIpc) is 2.46. The van der Waals surface area contributed by atoms with E-state index in [-0.39, 0.29) is 6.04 Å². The highest BCUT2D eigenvalue weighted by atomic mass is 35.5. The van der Waals surface area contributed by atoms with Crippen molar-refractivity contribution in [3.05, 3.63) is 59.1 Å². The third-order valence-electron chi connectivity index (χ3n) is 2.98. The van der Waals surface area contributed by atoms with Gasteiger partial charge in [0.15, 0.2) is 0 Å². The van der Waals surface area contributed by atoms with Crippen LogP contribution < -0.4 is 5.32 Å². The van der Waals surface area contributed by atoms with Crippen LogP contribution in [0.2, 0.25) is 5.02 Å². The second-order valence-corrected chi connectivity index (χ2v) is 4.95. The van der Waals surface area contributed by atoms with Gasteiger partial charge in [-0.3, -0.25) is 0 Å². The molecule has 1 aromatic carbocycles. The lowest BCUT2D eigenvalue weighted by Gasteiger charge is -2.18. The van der Waals surface area contributed by atoms with Gasteiger partial charge in [0.1, 0.15) is 6.33 Å². The summed E-state index contributed by atoms with van der Waals surface area (Å²) in [6.07, 6.45) is 7.31. The molecule has 100 valence electrons. The van der Waals surface area contributed by atoms with Gasteiger partial charge in [-0.05, 0) is 37.1 Å². The average molecular weight is 276 g/mol. The first-order chi connectivity index (χ1) is 9.29. The maximum absolute atomic E-state index is 5.91. The number of hydrogen-bond donors (Lipinski definition) is 1. The molecule has 1 atom stereocenters. The van der Waals surface area contributed by atoms with Crippen LogP contribution in [0.3, 0.4) is 0 Å². The van der Waals surface area contributed by atoms with E-state index in [1.807, 2.05) is 24.5 Å². The lowest BCUT2D eigenvalue weighted by molar-refractivity contribution is 0.526. The predicted octanol–water partition coefficient (Wildman–Crippen LogP) is 3.41. The highest BCUT2D eigenvalue weighted by Crippen LogP contribution is 2.18. The van der Waals surface area contributed by atoms with Crippen LogP contribution in [0.25, 0.3) is 0 Å². The Kier molecular flexibility index (Phi) is 5.31. The van der Waals surface area contributed by atoms with Gasteiger partial charge in [0.25, 0.3) is 0 Å². The molecular weight excluding hydrogens is 258 g/mol. The molecule has 19 heavy (non-hydrogen) atoms. The molecular formula is C15H18ClN3. The molecule has 1 aromatic heterocycles. The second-order valence-electron chi connectivity index (χ2n) is 4.51. The number of nitrogens with zero attached hydrogens (tertiary/aromatic N) is 2. The third kappa shape index (κ3) is 4.30. The molecule has 0 amide bonds. The van der Waals surface area contributed by atoms with Gasteiger partial charge < -0.3 is 5.32 Å². The van der Waals surface area contributed by atoms with Crippen molar-refractivity contribution in [2.24, 2.45) is 0 Å². The smallest absolute Gasteiger partial charge is 0.115 e.